The van der Waals surface area contributed by atoms with E-state index in [2.05, 4.69) is 0 Å². The normalized spacial score (nSPS) is 11.5. The van der Waals surface area contributed by atoms with E-state index in [1.54, 1.807) is 13.8 Å². The average molecular weight is 505 g/mol. The number of ether oxygens (including phenoxy) is 6. The number of hydrogen-bond acceptors (Lipinski definition) is 10. The molecule has 33 heavy (non-hydrogen) atoms. The van der Waals surface area contributed by atoms with E-state index >= 15 is 0 Å². The Hall–Kier alpha value is -1.11. The van der Waals surface area contributed by atoms with Crippen molar-refractivity contribution in [1.29, 1.82) is 0 Å². The molecule has 0 unspecified atom stereocenters. The number of carbonyl (C=O) groups excluding carboxylic acids is 1. The summed E-state index contributed by atoms with van der Waals surface area (Å²) in [4.78, 5) is 12.4. The van der Waals surface area contributed by atoms with Crippen molar-refractivity contribution >= 4 is 34.1 Å². The largest absolute Gasteiger partial charge is 0.462 e. The number of benzene rings is 1. The molecule has 0 aliphatic heterocycles. The van der Waals surface area contributed by atoms with Crippen molar-refractivity contribution in [3.8, 4) is 0 Å². The third-order valence-electron chi connectivity index (χ3n) is 4.03. The third-order valence-corrected chi connectivity index (χ3v) is 5.62. The molecule has 1 aromatic rings. The van der Waals surface area contributed by atoms with E-state index in [-0.39, 0.29) is 19.2 Å². The molecule has 0 bridgehead atoms. The minimum atomic E-state index is -0.783. The molecule has 0 amide bonds. The monoisotopic (exact) mass is 504 g/mol. The summed E-state index contributed by atoms with van der Waals surface area (Å²) in [6.45, 7) is 8.09. The predicted molar refractivity (Wildman–Crippen MR) is 132 cm³/mol. The smallest absolute Gasteiger partial charge is 0.322 e. The van der Waals surface area contributed by atoms with Crippen molar-refractivity contribution in [3.05, 3.63) is 35.9 Å². The maximum absolute atomic E-state index is 12.4. The first-order valence-electron chi connectivity index (χ1n) is 10.9. The Balaban J connectivity index is 1.93. The van der Waals surface area contributed by atoms with Crippen LogP contribution in [0.1, 0.15) is 19.4 Å². The Bertz CT molecular complexity index is 643. The molecule has 8 nitrogen and oxygen atoms in total. The number of thioether (sulfide) groups is 1. The van der Waals surface area contributed by atoms with Gasteiger partial charge in [-0.2, -0.15) is 0 Å². The van der Waals surface area contributed by atoms with E-state index in [0.29, 0.717) is 70.3 Å². The summed E-state index contributed by atoms with van der Waals surface area (Å²) in [5.74, 6) is -0.329. The Morgan fingerprint density at radius 1 is 0.788 bits per heavy atom. The summed E-state index contributed by atoms with van der Waals surface area (Å²) < 4.78 is 31.8. The van der Waals surface area contributed by atoms with Crippen molar-refractivity contribution in [2.24, 2.45) is 0 Å². The molecule has 0 heterocycles. The second-order valence-electron chi connectivity index (χ2n) is 7.19. The SMILES string of the molecule is CC(C)(SC(=S)c1ccccc1)C(=O)OCCOCCOCCOCCOCCOCCO. The summed E-state index contributed by atoms with van der Waals surface area (Å²) in [6.07, 6.45) is 0. The highest BCUT2D eigenvalue weighted by Gasteiger charge is 2.32. The Labute approximate surface area is 206 Å². The van der Waals surface area contributed by atoms with Gasteiger partial charge in [-0.25, -0.2) is 0 Å². The van der Waals surface area contributed by atoms with Gasteiger partial charge in [0.1, 0.15) is 11.4 Å². The Morgan fingerprint density at radius 2 is 1.21 bits per heavy atom. The highest BCUT2D eigenvalue weighted by molar-refractivity contribution is 8.25. The summed E-state index contributed by atoms with van der Waals surface area (Å²) in [5, 5.41) is 8.55. The van der Waals surface area contributed by atoms with Gasteiger partial charge < -0.3 is 33.5 Å². The molecule has 0 saturated heterocycles. The van der Waals surface area contributed by atoms with Gasteiger partial charge in [-0.3, -0.25) is 4.79 Å². The lowest BCUT2D eigenvalue weighted by Crippen LogP contribution is -2.32. The zero-order valence-electron chi connectivity index (χ0n) is 19.5. The van der Waals surface area contributed by atoms with E-state index in [1.165, 1.54) is 11.8 Å². The minimum Gasteiger partial charge on any atom is -0.462 e. The lowest BCUT2D eigenvalue weighted by Gasteiger charge is -2.22. The van der Waals surface area contributed by atoms with Crippen LogP contribution in [0.25, 0.3) is 0 Å². The van der Waals surface area contributed by atoms with Gasteiger partial charge in [0.25, 0.3) is 0 Å². The average Bonchev–Trinajstić information content (AvgIpc) is 2.81. The van der Waals surface area contributed by atoms with Crippen molar-refractivity contribution in [2.45, 2.75) is 18.6 Å². The van der Waals surface area contributed by atoms with Crippen molar-refractivity contribution in [3.63, 3.8) is 0 Å². The van der Waals surface area contributed by atoms with Crippen LogP contribution in [0.4, 0.5) is 0 Å². The van der Waals surface area contributed by atoms with Gasteiger partial charge in [0.15, 0.2) is 0 Å². The van der Waals surface area contributed by atoms with Crippen LogP contribution >= 0.6 is 24.0 Å². The molecular formula is C23H36O8S2. The number of carbonyl (C=O) groups is 1. The van der Waals surface area contributed by atoms with Gasteiger partial charge >= 0.3 is 5.97 Å². The second kappa shape index (κ2) is 19.2. The highest BCUT2D eigenvalue weighted by atomic mass is 32.2. The predicted octanol–water partition coefficient (Wildman–Crippen LogP) is 2.49. The fourth-order valence-corrected chi connectivity index (χ4v) is 3.94. The van der Waals surface area contributed by atoms with Crippen molar-refractivity contribution in [1.82, 2.24) is 0 Å². The summed E-state index contributed by atoms with van der Waals surface area (Å²) in [5.41, 5.74) is 0.917. The van der Waals surface area contributed by atoms with Crippen LogP contribution in [0.3, 0.4) is 0 Å². The number of hydrogen-bond donors (Lipinski definition) is 1. The fraction of sp³-hybridized carbons (Fsp3) is 0.652. The van der Waals surface area contributed by atoms with E-state index < -0.39 is 4.75 Å². The Morgan fingerprint density at radius 3 is 1.67 bits per heavy atom. The first kappa shape index (κ1) is 29.9. The van der Waals surface area contributed by atoms with Crippen LogP contribution in [-0.2, 0) is 33.2 Å². The van der Waals surface area contributed by atoms with Gasteiger partial charge in [-0.1, -0.05) is 54.3 Å². The van der Waals surface area contributed by atoms with E-state index in [9.17, 15) is 4.79 Å². The Kier molecular flexibility index (Phi) is 17.4. The number of aliphatic hydroxyl groups is 1. The molecule has 0 aliphatic carbocycles. The molecule has 0 saturated carbocycles. The topological polar surface area (TPSA) is 92.7 Å². The van der Waals surface area contributed by atoms with Gasteiger partial charge in [0, 0.05) is 0 Å². The zero-order chi connectivity index (χ0) is 24.2. The molecule has 0 spiro atoms. The standard InChI is InChI=1S/C23H36O8S2/c1-23(2,33-21(32)20-6-4-3-5-7-20)22(25)31-19-18-30-17-16-29-15-14-28-13-12-27-11-10-26-9-8-24/h3-7,24H,8-19H2,1-2H3. The van der Waals surface area contributed by atoms with Crippen LogP contribution in [0.5, 0.6) is 0 Å². The molecule has 1 N–H and O–H groups in total. The summed E-state index contributed by atoms with van der Waals surface area (Å²) in [7, 11) is 0. The maximum Gasteiger partial charge on any atom is 0.322 e. The third kappa shape index (κ3) is 15.4. The number of aliphatic hydroxyl groups excluding tert-OH is 1. The van der Waals surface area contributed by atoms with E-state index in [0.717, 1.165) is 5.56 Å². The molecule has 0 atom stereocenters. The summed E-state index contributed by atoms with van der Waals surface area (Å²) in [6, 6.07) is 9.60. The summed E-state index contributed by atoms with van der Waals surface area (Å²) >= 11 is 6.75. The molecule has 0 aromatic heterocycles. The van der Waals surface area contributed by atoms with Gasteiger partial charge in [-0.05, 0) is 19.4 Å². The number of rotatable bonds is 20. The van der Waals surface area contributed by atoms with Crippen LogP contribution in [0, 0.1) is 0 Å². The van der Waals surface area contributed by atoms with Crippen LogP contribution < -0.4 is 0 Å². The highest BCUT2D eigenvalue weighted by Crippen LogP contribution is 2.30. The van der Waals surface area contributed by atoms with Crippen LogP contribution in [-0.4, -0.2) is 99.3 Å². The number of esters is 1. The molecule has 1 aromatic carbocycles. The second-order valence-corrected chi connectivity index (χ2v) is 9.49. The molecule has 0 aliphatic rings. The first-order valence-corrected chi connectivity index (χ1v) is 12.1. The van der Waals surface area contributed by atoms with Crippen LogP contribution in [0.2, 0.25) is 0 Å². The van der Waals surface area contributed by atoms with E-state index in [4.69, 9.17) is 45.7 Å². The maximum atomic E-state index is 12.4. The lowest BCUT2D eigenvalue weighted by atomic mass is 10.2. The zero-order valence-corrected chi connectivity index (χ0v) is 21.1. The lowest BCUT2D eigenvalue weighted by molar-refractivity contribution is -0.147. The fourth-order valence-electron chi connectivity index (χ4n) is 2.32. The molecule has 188 valence electrons. The number of thiocarbonyl (C=S) groups is 1. The van der Waals surface area contributed by atoms with Gasteiger partial charge in [-0.15, -0.1) is 0 Å². The van der Waals surface area contributed by atoms with Gasteiger partial charge in [0.05, 0.1) is 76.9 Å². The molecule has 1 rings (SSSR count). The van der Waals surface area contributed by atoms with E-state index in [1.807, 2.05) is 30.3 Å². The molecular weight excluding hydrogens is 468 g/mol. The quantitative estimate of drug-likeness (QED) is 0.162. The first-order chi connectivity index (χ1) is 16.0. The van der Waals surface area contributed by atoms with Crippen molar-refractivity contribution < 1.29 is 38.3 Å². The van der Waals surface area contributed by atoms with Crippen molar-refractivity contribution in [2.75, 3.05) is 79.3 Å². The molecule has 0 fully saturated rings. The van der Waals surface area contributed by atoms with Gasteiger partial charge in [0.2, 0.25) is 0 Å². The van der Waals surface area contributed by atoms with Crippen LogP contribution in [0.15, 0.2) is 30.3 Å². The molecule has 10 heteroatoms. The minimum absolute atomic E-state index is 0.0181. The molecule has 0 radical (unpaired) electrons.